The summed E-state index contributed by atoms with van der Waals surface area (Å²) in [5.74, 6) is 1.81. The quantitative estimate of drug-likeness (QED) is 0.217. The number of pyridine rings is 1. The van der Waals surface area contributed by atoms with Crippen molar-refractivity contribution in [3.63, 3.8) is 0 Å². The van der Waals surface area contributed by atoms with Gasteiger partial charge in [-0.15, -0.1) is 0 Å². The van der Waals surface area contributed by atoms with Crippen LogP contribution in [0.1, 0.15) is 110 Å². The summed E-state index contributed by atoms with van der Waals surface area (Å²) < 4.78 is 5.93. The Morgan fingerprint density at radius 1 is 0.719 bits per heavy atom. The van der Waals surface area contributed by atoms with Gasteiger partial charge in [-0.3, -0.25) is 4.98 Å². The van der Waals surface area contributed by atoms with Crippen LogP contribution in [0, 0.1) is 5.92 Å². The Morgan fingerprint density at radius 3 is 2.09 bits per heavy atom. The van der Waals surface area contributed by atoms with Crippen LogP contribution in [0.2, 0.25) is 0 Å². The van der Waals surface area contributed by atoms with Crippen LogP contribution in [0.15, 0.2) is 42.6 Å². The van der Waals surface area contributed by atoms with Gasteiger partial charge in [-0.1, -0.05) is 91.0 Å². The summed E-state index contributed by atoms with van der Waals surface area (Å²) >= 11 is 0. The Morgan fingerprint density at radius 2 is 1.44 bits per heavy atom. The summed E-state index contributed by atoms with van der Waals surface area (Å²) in [5.41, 5.74) is 3.55. The third-order valence-electron chi connectivity index (χ3n) is 6.44. The highest BCUT2D eigenvalue weighted by atomic mass is 16.5. The third-order valence-corrected chi connectivity index (χ3v) is 6.44. The van der Waals surface area contributed by atoms with Crippen molar-refractivity contribution in [1.82, 2.24) is 4.98 Å². The van der Waals surface area contributed by atoms with Gasteiger partial charge >= 0.3 is 0 Å². The minimum Gasteiger partial charge on any atom is -0.494 e. The van der Waals surface area contributed by atoms with E-state index in [0.29, 0.717) is 0 Å². The summed E-state index contributed by atoms with van der Waals surface area (Å²) in [6, 6.07) is 12.8. The zero-order chi connectivity index (χ0) is 22.9. The van der Waals surface area contributed by atoms with E-state index in [4.69, 9.17) is 9.72 Å². The smallest absolute Gasteiger partial charge is 0.119 e. The van der Waals surface area contributed by atoms with Crippen LogP contribution >= 0.6 is 0 Å². The Labute approximate surface area is 198 Å². The van der Waals surface area contributed by atoms with Gasteiger partial charge in [-0.25, -0.2) is 0 Å². The number of benzene rings is 1. The van der Waals surface area contributed by atoms with Crippen molar-refractivity contribution in [2.75, 3.05) is 6.61 Å². The molecule has 1 atom stereocenters. The maximum absolute atomic E-state index is 5.93. The van der Waals surface area contributed by atoms with E-state index in [1.165, 1.54) is 82.6 Å². The van der Waals surface area contributed by atoms with Crippen molar-refractivity contribution < 1.29 is 4.74 Å². The Balaban J connectivity index is 1.64. The normalized spacial score (nSPS) is 12.1. The van der Waals surface area contributed by atoms with E-state index >= 15 is 0 Å². The second kappa shape index (κ2) is 16.8. The van der Waals surface area contributed by atoms with E-state index < -0.39 is 0 Å². The topological polar surface area (TPSA) is 22.1 Å². The van der Waals surface area contributed by atoms with Crippen LogP contribution in [0.3, 0.4) is 0 Å². The van der Waals surface area contributed by atoms with Gasteiger partial charge in [-0.05, 0) is 67.5 Å². The van der Waals surface area contributed by atoms with Crippen LogP contribution in [0.5, 0.6) is 5.75 Å². The van der Waals surface area contributed by atoms with E-state index in [-0.39, 0.29) is 0 Å². The van der Waals surface area contributed by atoms with Gasteiger partial charge in [0, 0.05) is 11.8 Å². The number of ether oxygens (including phenoxy) is 1. The summed E-state index contributed by atoms with van der Waals surface area (Å²) in [7, 11) is 0. The van der Waals surface area contributed by atoms with Crippen LogP contribution < -0.4 is 4.74 Å². The standard InChI is InChI=1S/C30H47NO/c1-4-6-7-8-9-10-11-12-17-27-18-23-30(31-25-27)28-19-21-29(22-20-28)32-24-14-13-16-26(3)15-5-2/h18-23,25-26H,4-17,24H2,1-3H3/t26-/m0/s1. The lowest BCUT2D eigenvalue weighted by Crippen LogP contribution is -2.00. The zero-order valence-electron chi connectivity index (χ0n) is 21.1. The Kier molecular flexibility index (Phi) is 13.8. The van der Waals surface area contributed by atoms with Crippen molar-refractivity contribution in [3.8, 4) is 17.0 Å². The minimum atomic E-state index is 0.809. The van der Waals surface area contributed by atoms with E-state index in [1.54, 1.807) is 0 Å². The first-order valence-corrected chi connectivity index (χ1v) is 13.4. The molecule has 0 fully saturated rings. The average molecular weight is 438 g/mol. The van der Waals surface area contributed by atoms with E-state index in [9.17, 15) is 0 Å². The SMILES string of the molecule is CCCCCCCCCCc1ccc(-c2ccc(OCCCC[C@@H](C)CCC)cc2)nc1. The molecule has 0 spiro atoms. The predicted octanol–water partition coefficient (Wildman–Crippen LogP) is 9.42. The molecular weight excluding hydrogens is 390 g/mol. The summed E-state index contributed by atoms with van der Waals surface area (Å²) in [6.45, 7) is 7.72. The molecule has 0 amide bonds. The van der Waals surface area contributed by atoms with Gasteiger partial charge in [0.15, 0.2) is 0 Å². The average Bonchev–Trinajstić information content (AvgIpc) is 2.82. The molecule has 2 heteroatoms. The summed E-state index contributed by atoms with van der Waals surface area (Å²) in [5, 5.41) is 0. The molecule has 0 aliphatic heterocycles. The Hall–Kier alpha value is -1.83. The lowest BCUT2D eigenvalue weighted by molar-refractivity contribution is 0.299. The molecule has 2 aromatic rings. The van der Waals surface area contributed by atoms with Gasteiger partial charge in [0.2, 0.25) is 0 Å². The van der Waals surface area contributed by atoms with Gasteiger partial charge in [-0.2, -0.15) is 0 Å². The lowest BCUT2D eigenvalue weighted by Gasteiger charge is -2.10. The molecule has 1 heterocycles. The number of hydrogen-bond donors (Lipinski definition) is 0. The maximum Gasteiger partial charge on any atom is 0.119 e. The van der Waals surface area contributed by atoms with Crippen LogP contribution in [-0.4, -0.2) is 11.6 Å². The monoisotopic (exact) mass is 437 g/mol. The summed E-state index contributed by atoms with van der Waals surface area (Å²) in [6.07, 6.45) is 20.5. The zero-order valence-corrected chi connectivity index (χ0v) is 21.1. The fourth-order valence-electron chi connectivity index (χ4n) is 4.35. The number of unbranched alkanes of at least 4 members (excludes halogenated alkanes) is 8. The predicted molar refractivity (Wildman–Crippen MR) is 139 cm³/mol. The van der Waals surface area contributed by atoms with Crippen LogP contribution in [0.25, 0.3) is 11.3 Å². The molecular formula is C30H47NO. The molecule has 0 unspecified atom stereocenters. The maximum atomic E-state index is 5.93. The second-order valence-electron chi connectivity index (χ2n) is 9.54. The van der Waals surface area contributed by atoms with Crippen molar-refractivity contribution >= 4 is 0 Å². The molecule has 0 aliphatic rings. The number of aromatic nitrogens is 1. The largest absolute Gasteiger partial charge is 0.494 e. The lowest BCUT2D eigenvalue weighted by atomic mass is 9.99. The van der Waals surface area contributed by atoms with Crippen LogP contribution in [0.4, 0.5) is 0 Å². The minimum absolute atomic E-state index is 0.809. The van der Waals surface area contributed by atoms with E-state index in [1.807, 2.05) is 0 Å². The molecule has 0 saturated heterocycles. The van der Waals surface area contributed by atoms with Crippen LogP contribution in [-0.2, 0) is 6.42 Å². The first kappa shape index (κ1) is 26.4. The molecule has 0 radical (unpaired) electrons. The number of hydrogen-bond acceptors (Lipinski definition) is 2. The molecule has 0 aliphatic carbocycles. The second-order valence-corrected chi connectivity index (χ2v) is 9.54. The first-order valence-electron chi connectivity index (χ1n) is 13.4. The first-order chi connectivity index (χ1) is 15.7. The third kappa shape index (κ3) is 11.2. The Bertz CT molecular complexity index is 692. The molecule has 178 valence electrons. The number of rotatable bonds is 18. The van der Waals surface area contributed by atoms with Crippen molar-refractivity contribution in [1.29, 1.82) is 0 Å². The van der Waals surface area contributed by atoms with Gasteiger partial charge < -0.3 is 4.74 Å². The number of aryl methyl sites for hydroxylation is 1. The molecule has 0 bridgehead atoms. The van der Waals surface area contributed by atoms with E-state index in [0.717, 1.165) is 42.4 Å². The molecule has 32 heavy (non-hydrogen) atoms. The highest BCUT2D eigenvalue weighted by Crippen LogP contribution is 2.22. The van der Waals surface area contributed by atoms with Gasteiger partial charge in [0.25, 0.3) is 0 Å². The van der Waals surface area contributed by atoms with Gasteiger partial charge in [0.1, 0.15) is 5.75 Å². The fourth-order valence-corrected chi connectivity index (χ4v) is 4.35. The van der Waals surface area contributed by atoms with Crippen molar-refractivity contribution in [2.24, 2.45) is 5.92 Å². The highest BCUT2D eigenvalue weighted by Gasteiger charge is 2.03. The molecule has 1 aromatic carbocycles. The number of nitrogens with zero attached hydrogens (tertiary/aromatic N) is 1. The van der Waals surface area contributed by atoms with Gasteiger partial charge in [0.05, 0.1) is 12.3 Å². The molecule has 1 aromatic heterocycles. The van der Waals surface area contributed by atoms with Crippen molar-refractivity contribution in [2.45, 2.75) is 111 Å². The molecule has 0 saturated carbocycles. The fraction of sp³-hybridized carbons (Fsp3) is 0.633. The van der Waals surface area contributed by atoms with Crippen molar-refractivity contribution in [3.05, 3.63) is 48.2 Å². The van der Waals surface area contributed by atoms with E-state index in [2.05, 4.69) is 63.4 Å². The summed E-state index contributed by atoms with van der Waals surface area (Å²) in [4.78, 5) is 4.70. The molecule has 2 nitrogen and oxygen atoms in total. The molecule has 2 rings (SSSR count). The highest BCUT2D eigenvalue weighted by molar-refractivity contribution is 5.60. The molecule has 0 N–H and O–H groups in total.